The predicted molar refractivity (Wildman–Crippen MR) is 57.3 cm³/mol. The van der Waals surface area contributed by atoms with E-state index in [4.69, 9.17) is 5.41 Å². The van der Waals surface area contributed by atoms with Gasteiger partial charge in [0.25, 0.3) is 0 Å². The molecule has 0 aromatic heterocycles. The lowest BCUT2D eigenvalue weighted by atomic mass is 10.6. The average molecular weight is 263 g/mol. The van der Waals surface area contributed by atoms with Gasteiger partial charge in [0.1, 0.15) is 3.72 Å². The standard InChI is InChI=1S/C7H10IN3/c1-2-3-7(8)11-5-4-10-6-9/h2-6H,1H3,(H2,9,10)/b3-2-,5-4-,11-7-. The molecule has 0 rings (SSSR count). The predicted octanol–water partition coefficient (Wildman–Crippen LogP) is 2.06. The maximum absolute atomic E-state index is 6.62. The molecule has 0 saturated heterocycles. The Labute approximate surface area is 79.9 Å². The molecule has 0 saturated carbocycles. The summed E-state index contributed by atoms with van der Waals surface area (Å²) in [5.41, 5.74) is 0. The number of nitrogens with one attached hydrogen (secondary N) is 2. The van der Waals surface area contributed by atoms with Crippen LogP contribution < -0.4 is 5.32 Å². The van der Waals surface area contributed by atoms with E-state index < -0.39 is 0 Å². The fraction of sp³-hybridized carbons (Fsp3) is 0.143. The van der Waals surface area contributed by atoms with Crippen molar-refractivity contribution in [2.75, 3.05) is 0 Å². The molecule has 0 atom stereocenters. The molecule has 2 N–H and O–H groups in total. The highest BCUT2D eigenvalue weighted by atomic mass is 127. The van der Waals surface area contributed by atoms with Gasteiger partial charge in [-0.1, -0.05) is 6.08 Å². The van der Waals surface area contributed by atoms with E-state index in [0.29, 0.717) is 0 Å². The summed E-state index contributed by atoms with van der Waals surface area (Å²) in [6, 6.07) is 0. The zero-order chi connectivity index (χ0) is 8.53. The lowest BCUT2D eigenvalue weighted by Crippen LogP contribution is -1.96. The fourth-order valence-corrected chi connectivity index (χ4v) is 0.901. The lowest BCUT2D eigenvalue weighted by molar-refractivity contribution is 1.27. The first-order valence-electron chi connectivity index (χ1n) is 3.07. The van der Waals surface area contributed by atoms with Gasteiger partial charge in [-0.3, -0.25) is 5.41 Å². The van der Waals surface area contributed by atoms with Crippen molar-refractivity contribution < 1.29 is 0 Å². The molecular formula is C7H10IN3. The van der Waals surface area contributed by atoms with E-state index >= 15 is 0 Å². The third-order valence-corrected chi connectivity index (χ3v) is 1.39. The second-order valence-electron chi connectivity index (χ2n) is 1.58. The number of hydrogen-bond donors (Lipinski definition) is 2. The number of allylic oxidation sites excluding steroid dienone is 2. The molecule has 0 aliphatic rings. The first-order chi connectivity index (χ1) is 5.31. The van der Waals surface area contributed by atoms with Crippen molar-refractivity contribution in [1.82, 2.24) is 5.32 Å². The topological polar surface area (TPSA) is 48.2 Å². The van der Waals surface area contributed by atoms with Crippen molar-refractivity contribution in [2.24, 2.45) is 4.99 Å². The second-order valence-corrected chi connectivity index (χ2v) is 2.68. The number of halogens is 1. The van der Waals surface area contributed by atoms with Crippen LogP contribution in [0.5, 0.6) is 0 Å². The molecule has 0 aliphatic carbocycles. The van der Waals surface area contributed by atoms with E-state index in [0.717, 1.165) is 10.1 Å². The van der Waals surface area contributed by atoms with Crippen molar-refractivity contribution in [1.29, 1.82) is 5.41 Å². The van der Waals surface area contributed by atoms with Gasteiger partial charge in [-0.2, -0.15) is 0 Å². The minimum Gasteiger partial charge on any atom is -0.352 e. The Bertz CT molecular complexity index is 194. The molecule has 11 heavy (non-hydrogen) atoms. The second kappa shape index (κ2) is 7.46. The van der Waals surface area contributed by atoms with E-state index in [1.54, 1.807) is 12.4 Å². The summed E-state index contributed by atoms with van der Waals surface area (Å²) < 4.78 is 0.910. The molecule has 0 aromatic carbocycles. The molecule has 0 fully saturated rings. The smallest absolute Gasteiger partial charge is 0.101 e. The summed E-state index contributed by atoms with van der Waals surface area (Å²) in [6.45, 7) is 1.94. The molecule has 3 nitrogen and oxygen atoms in total. The van der Waals surface area contributed by atoms with Crippen molar-refractivity contribution in [2.45, 2.75) is 6.92 Å². The van der Waals surface area contributed by atoms with Crippen LogP contribution in [-0.4, -0.2) is 10.1 Å². The summed E-state index contributed by atoms with van der Waals surface area (Å²) in [6.07, 6.45) is 8.11. The van der Waals surface area contributed by atoms with Gasteiger partial charge >= 0.3 is 0 Å². The maximum atomic E-state index is 6.62. The minimum absolute atomic E-state index is 0.910. The van der Waals surface area contributed by atoms with Crippen LogP contribution in [0.15, 0.2) is 29.5 Å². The van der Waals surface area contributed by atoms with Gasteiger partial charge in [-0.15, -0.1) is 0 Å². The highest BCUT2D eigenvalue weighted by Crippen LogP contribution is 1.93. The van der Waals surface area contributed by atoms with Gasteiger partial charge in [0.2, 0.25) is 0 Å². The largest absolute Gasteiger partial charge is 0.352 e. The maximum Gasteiger partial charge on any atom is 0.101 e. The number of aliphatic imine (C=N–C) groups is 1. The monoisotopic (exact) mass is 263 g/mol. The van der Waals surface area contributed by atoms with Gasteiger partial charge in [0.05, 0.1) is 6.34 Å². The number of nitrogens with zero attached hydrogens (tertiary/aromatic N) is 1. The summed E-state index contributed by atoms with van der Waals surface area (Å²) >= 11 is 2.12. The Balaban J connectivity index is 3.80. The Morgan fingerprint density at radius 2 is 2.36 bits per heavy atom. The molecule has 0 aliphatic heterocycles. The molecule has 0 bridgehead atoms. The summed E-state index contributed by atoms with van der Waals surface area (Å²) in [5, 5.41) is 9.19. The van der Waals surface area contributed by atoms with Crippen LogP contribution in [0.3, 0.4) is 0 Å². The molecule has 0 heterocycles. The van der Waals surface area contributed by atoms with Gasteiger partial charge < -0.3 is 5.32 Å². The fourth-order valence-electron chi connectivity index (χ4n) is 0.380. The molecule has 0 amide bonds. The van der Waals surface area contributed by atoms with Gasteiger partial charge in [0.15, 0.2) is 0 Å². The highest BCUT2D eigenvalue weighted by Gasteiger charge is 1.78. The van der Waals surface area contributed by atoms with Gasteiger partial charge in [-0.05, 0) is 35.6 Å². The van der Waals surface area contributed by atoms with E-state index in [9.17, 15) is 0 Å². The zero-order valence-electron chi connectivity index (χ0n) is 6.21. The van der Waals surface area contributed by atoms with E-state index in [1.807, 2.05) is 19.1 Å². The Morgan fingerprint density at radius 1 is 1.64 bits per heavy atom. The third kappa shape index (κ3) is 7.24. The van der Waals surface area contributed by atoms with E-state index in [-0.39, 0.29) is 0 Å². The van der Waals surface area contributed by atoms with Crippen LogP contribution in [0.2, 0.25) is 0 Å². The molecule has 0 spiro atoms. The third-order valence-electron chi connectivity index (χ3n) is 0.756. The van der Waals surface area contributed by atoms with E-state index in [2.05, 4.69) is 32.9 Å². The van der Waals surface area contributed by atoms with Crippen LogP contribution in [0.4, 0.5) is 0 Å². The van der Waals surface area contributed by atoms with Crippen molar-refractivity contribution in [3.63, 3.8) is 0 Å². The normalized spacial score (nSPS) is 12.7. The number of hydrogen-bond acceptors (Lipinski definition) is 2. The Morgan fingerprint density at radius 3 is 2.91 bits per heavy atom. The van der Waals surface area contributed by atoms with Crippen LogP contribution in [0.1, 0.15) is 6.92 Å². The summed E-state index contributed by atoms with van der Waals surface area (Å²) in [7, 11) is 0. The Hall–Kier alpha value is -0.650. The highest BCUT2D eigenvalue weighted by molar-refractivity contribution is 14.1. The Kier molecular flexibility index (Phi) is 7.02. The van der Waals surface area contributed by atoms with Gasteiger partial charge in [-0.25, -0.2) is 4.99 Å². The zero-order valence-corrected chi connectivity index (χ0v) is 8.37. The lowest BCUT2D eigenvalue weighted by Gasteiger charge is -1.84. The molecule has 0 unspecified atom stereocenters. The van der Waals surface area contributed by atoms with Crippen LogP contribution >= 0.6 is 22.6 Å². The molecule has 0 aromatic rings. The summed E-state index contributed by atoms with van der Waals surface area (Å²) in [4.78, 5) is 4.02. The SMILES string of the molecule is C\C=C/C(I)=N/C=C\NC=N. The molecule has 0 radical (unpaired) electrons. The van der Waals surface area contributed by atoms with Gasteiger partial charge in [0, 0.05) is 12.4 Å². The molecular weight excluding hydrogens is 253 g/mol. The number of rotatable bonds is 4. The van der Waals surface area contributed by atoms with Crippen molar-refractivity contribution in [3.05, 3.63) is 24.6 Å². The summed E-state index contributed by atoms with van der Waals surface area (Å²) in [5.74, 6) is 0. The van der Waals surface area contributed by atoms with Crippen LogP contribution in [-0.2, 0) is 0 Å². The van der Waals surface area contributed by atoms with Crippen LogP contribution in [0.25, 0.3) is 0 Å². The first-order valence-corrected chi connectivity index (χ1v) is 4.15. The van der Waals surface area contributed by atoms with E-state index in [1.165, 1.54) is 0 Å². The average Bonchev–Trinajstić information content (AvgIpc) is 1.99. The quantitative estimate of drug-likeness (QED) is 0.455. The molecule has 4 heteroatoms. The molecule has 60 valence electrons. The van der Waals surface area contributed by atoms with Crippen molar-refractivity contribution >= 4 is 32.6 Å². The van der Waals surface area contributed by atoms with Crippen LogP contribution in [0, 0.1) is 5.41 Å². The van der Waals surface area contributed by atoms with Crippen molar-refractivity contribution in [3.8, 4) is 0 Å². The first kappa shape index (κ1) is 10.3. The minimum atomic E-state index is 0.910.